The number of carbonyl (C=O) groups is 2. The molecule has 152 valence electrons. The first-order valence-corrected chi connectivity index (χ1v) is 10.2. The number of aromatic nitrogens is 1. The normalized spacial score (nSPS) is 33.6. The number of rotatable bonds is 3. The number of hydrogen-bond acceptors (Lipinski definition) is 5. The van der Waals surface area contributed by atoms with Gasteiger partial charge in [-0.1, -0.05) is 29.8 Å². The lowest BCUT2D eigenvalue weighted by Gasteiger charge is -2.62. The van der Waals surface area contributed by atoms with Crippen molar-refractivity contribution in [3.05, 3.63) is 47.2 Å². The maximum Gasteiger partial charge on any atom is 0.317 e. The summed E-state index contributed by atoms with van der Waals surface area (Å²) in [5.41, 5.74) is 4.04. The first-order chi connectivity index (χ1) is 14.0. The largest absolute Gasteiger partial charge is 0.468 e. The van der Waals surface area contributed by atoms with Gasteiger partial charge in [-0.2, -0.15) is 0 Å². The Kier molecular flexibility index (Phi) is 4.10. The number of piperidine rings is 3. The van der Waals surface area contributed by atoms with E-state index in [4.69, 9.17) is 9.47 Å². The smallest absolute Gasteiger partial charge is 0.317 e. The molecule has 0 aliphatic carbocycles. The van der Waals surface area contributed by atoms with Gasteiger partial charge in [-0.15, -0.1) is 0 Å². The van der Waals surface area contributed by atoms with Crippen molar-refractivity contribution in [2.45, 2.75) is 38.8 Å². The summed E-state index contributed by atoms with van der Waals surface area (Å²) in [6, 6.07) is 8.52. The van der Waals surface area contributed by atoms with Gasteiger partial charge in [0.1, 0.15) is 12.0 Å². The van der Waals surface area contributed by atoms with Crippen LogP contribution in [0.15, 0.2) is 35.9 Å². The molecule has 6 rings (SSSR count). The van der Waals surface area contributed by atoms with Crippen LogP contribution < -0.4 is 0 Å². The van der Waals surface area contributed by atoms with Crippen LogP contribution in [0.2, 0.25) is 0 Å². The average molecular weight is 394 g/mol. The third kappa shape index (κ3) is 2.38. The second kappa shape index (κ2) is 6.46. The SMILES string of the molecule is C/C=C1/CN2[C@H]3Cc4c([nH]c5ccccc45)[C@@H]2C[C@@H]1C3(COC(C)=O)C(=O)OC. The zero-order chi connectivity index (χ0) is 20.3. The first kappa shape index (κ1) is 18.4. The molecule has 4 bridgehead atoms. The number of esters is 2. The van der Waals surface area contributed by atoms with Gasteiger partial charge in [0.2, 0.25) is 0 Å². The molecular weight excluding hydrogens is 368 g/mol. The number of hydrogen-bond donors (Lipinski definition) is 1. The molecule has 4 aliphatic rings. The molecule has 5 atom stereocenters. The molecule has 0 radical (unpaired) electrons. The number of methoxy groups -OCH3 is 1. The highest BCUT2D eigenvalue weighted by atomic mass is 16.5. The maximum absolute atomic E-state index is 13.3. The van der Waals surface area contributed by atoms with Crippen molar-refractivity contribution in [1.29, 1.82) is 0 Å². The number of ether oxygens (including phenoxy) is 2. The van der Waals surface area contributed by atoms with E-state index >= 15 is 0 Å². The Hall–Kier alpha value is -2.60. The van der Waals surface area contributed by atoms with Gasteiger partial charge in [0, 0.05) is 42.0 Å². The molecule has 0 saturated carbocycles. The van der Waals surface area contributed by atoms with Crippen molar-refractivity contribution < 1.29 is 19.1 Å². The Morgan fingerprint density at radius 3 is 2.86 bits per heavy atom. The zero-order valence-electron chi connectivity index (χ0n) is 17.0. The van der Waals surface area contributed by atoms with Crippen molar-refractivity contribution >= 4 is 22.8 Å². The van der Waals surface area contributed by atoms with Gasteiger partial charge in [-0.05, 0) is 31.4 Å². The Bertz CT molecular complexity index is 1040. The Morgan fingerprint density at radius 1 is 1.34 bits per heavy atom. The molecule has 1 aromatic heterocycles. The number of carbonyl (C=O) groups excluding carboxylic acids is 2. The summed E-state index contributed by atoms with van der Waals surface area (Å²) in [6.45, 7) is 4.31. The topological polar surface area (TPSA) is 71.6 Å². The summed E-state index contributed by atoms with van der Waals surface area (Å²) in [5.74, 6) is -0.648. The number of allylic oxidation sites excluding steroid dienone is 1. The highest BCUT2D eigenvalue weighted by Crippen LogP contribution is 2.59. The van der Waals surface area contributed by atoms with Gasteiger partial charge in [-0.25, -0.2) is 0 Å². The number of para-hydroxylation sites is 1. The average Bonchev–Trinajstić information content (AvgIpc) is 3.11. The summed E-state index contributed by atoms with van der Waals surface area (Å²) in [6.07, 6.45) is 3.66. The molecule has 6 heteroatoms. The quantitative estimate of drug-likeness (QED) is 0.640. The van der Waals surface area contributed by atoms with E-state index in [9.17, 15) is 9.59 Å². The van der Waals surface area contributed by atoms with Crippen molar-refractivity contribution in [2.24, 2.45) is 11.3 Å². The van der Waals surface area contributed by atoms with Crippen LogP contribution in [0, 0.1) is 11.3 Å². The second-order valence-corrected chi connectivity index (χ2v) is 8.43. The van der Waals surface area contributed by atoms with Crippen LogP contribution in [0.1, 0.15) is 37.6 Å². The van der Waals surface area contributed by atoms with E-state index in [0.717, 1.165) is 24.9 Å². The lowest BCUT2D eigenvalue weighted by atomic mass is 9.55. The number of fused-ring (bicyclic) bond motifs is 4. The lowest BCUT2D eigenvalue weighted by Crippen LogP contribution is -2.70. The first-order valence-electron chi connectivity index (χ1n) is 10.2. The van der Waals surface area contributed by atoms with E-state index in [1.807, 2.05) is 13.0 Å². The van der Waals surface area contributed by atoms with Gasteiger partial charge < -0.3 is 14.5 Å². The van der Waals surface area contributed by atoms with Crippen LogP contribution in [-0.4, -0.2) is 48.1 Å². The van der Waals surface area contributed by atoms with Crippen molar-refractivity contribution in [2.75, 3.05) is 20.3 Å². The molecule has 1 N–H and O–H groups in total. The standard InChI is InChI=1S/C23H26N2O4/c1-4-14-11-25-19-10-17(14)23(22(27)28-3,12-29-13(2)26)20(25)9-16-15-7-5-6-8-18(15)24-21(16)19/h4-8,17,19-20,24H,9-12H2,1-3H3/b14-4-/t17-,19-,20-,23?/m0/s1. The summed E-state index contributed by atoms with van der Waals surface area (Å²) in [5, 5.41) is 1.22. The van der Waals surface area contributed by atoms with Gasteiger partial charge in [0.25, 0.3) is 0 Å². The van der Waals surface area contributed by atoms with Crippen molar-refractivity contribution in [3.63, 3.8) is 0 Å². The van der Waals surface area contributed by atoms with Gasteiger partial charge in [0.15, 0.2) is 0 Å². The lowest BCUT2D eigenvalue weighted by molar-refractivity contribution is -0.188. The molecule has 2 unspecified atom stereocenters. The van der Waals surface area contributed by atoms with Crippen molar-refractivity contribution in [3.8, 4) is 0 Å². The summed E-state index contributed by atoms with van der Waals surface area (Å²) < 4.78 is 10.8. The highest BCUT2D eigenvalue weighted by molar-refractivity contribution is 5.86. The van der Waals surface area contributed by atoms with E-state index in [2.05, 4.69) is 34.2 Å². The minimum Gasteiger partial charge on any atom is -0.468 e. The molecule has 6 nitrogen and oxygen atoms in total. The Morgan fingerprint density at radius 2 is 2.14 bits per heavy atom. The molecule has 0 amide bonds. The Labute approximate surface area is 169 Å². The highest BCUT2D eigenvalue weighted by Gasteiger charge is 2.65. The molecule has 3 fully saturated rings. The number of H-pyrrole nitrogens is 1. The van der Waals surface area contributed by atoms with Crippen molar-refractivity contribution in [1.82, 2.24) is 9.88 Å². The fraction of sp³-hybridized carbons (Fsp3) is 0.478. The molecule has 1 aromatic carbocycles. The van der Waals surface area contributed by atoms with Gasteiger partial charge >= 0.3 is 11.9 Å². The number of aromatic amines is 1. The van der Waals surface area contributed by atoms with Crippen LogP contribution in [0.5, 0.6) is 0 Å². The molecule has 29 heavy (non-hydrogen) atoms. The van der Waals surface area contributed by atoms with E-state index in [0.29, 0.717) is 0 Å². The fourth-order valence-electron chi connectivity index (χ4n) is 6.08. The predicted octanol–water partition coefficient (Wildman–Crippen LogP) is 3.14. The molecule has 2 aromatic rings. The van der Waals surface area contributed by atoms with E-state index in [1.165, 1.54) is 36.3 Å². The molecule has 3 saturated heterocycles. The molecule has 4 aliphatic heterocycles. The number of nitrogens with zero attached hydrogens (tertiary/aromatic N) is 1. The van der Waals surface area contributed by atoms with Gasteiger partial charge in [-0.3, -0.25) is 14.5 Å². The number of benzene rings is 1. The van der Waals surface area contributed by atoms with Crippen LogP contribution in [0.4, 0.5) is 0 Å². The third-order valence-corrected chi connectivity index (χ3v) is 7.32. The third-order valence-electron chi connectivity index (χ3n) is 7.32. The zero-order valence-corrected chi connectivity index (χ0v) is 17.0. The summed E-state index contributed by atoms with van der Waals surface area (Å²) in [7, 11) is 1.43. The second-order valence-electron chi connectivity index (χ2n) is 8.43. The molecule has 0 spiro atoms. The van der Waals surface area contributed by atoms with E-state index in [1.54, 1.807) is 0 Å². The van der Waals surface area contributed by atoms with E-state index < -0.39 is 5.41 Å². The minimum absolute atomic E-state index is 0.00105. The fourth-order valence-corrected chi connectivity index (χ4v) is 6.08. The van der Waals surface area contributed by atoms with E-state index in [-0.39, 0.29) is 36.5 Å². The summed E-state index contributed by atoms with van der Waals surface area (Å²) >= 11 is 0. The van der Waals surface area contributed by atoms with Crippen LogP contribution in [-0.2, 0) is 25.5 Å². The summed E-state index contributed by atoms with van der Waals surface area (Å²) in [4.78, 5) is 31.1. The minimum atomic E-state index is -0.882. The predicted molar refractivity (Wildman–Crippen MR) is 108 cm³/mol. The molecular formula is C23H26N2O4. The molecule has 5 heterocycles. The maximum atomic E-state index is 13.3. The van der Waals surface area contributed by atoms with Crippen LogP contribution in [0.25, 0.3) is 10.9 Å². The van der Waals surface area contributed by atoms with Gasteiger partial charge in [0.05, 0.1) is 13.2 Å². The van der Waals surface area contributed by atoms with Crippen LogP contribution >= 0.6 is 0 Å². The monoisotopic (exact) mass is 394 g/mol. The number of nitrogens with one attached hydrogen (secondary N) is 1. The Balaban J connectivity index is 1.69. The van der Waals surface area contributed by atoms with Crippen LogP contribution in [0.3, 0.4) is 0 Å².